The molecule has 0 aromatic heterocycles. The van der Waals surface area contributed by atoms with Crippen LogP contribution in [0.3, 0.4) is 0 Å². The molecule has 1 saturated heterocycles. The van der Waals surface area contributed by atoms with Crippen molar-refractivity contribution in [2.75, 3.05) is 41.0 Å². The Bertz CT molecular complexity index is 589. The molecule has 1 aromatic rings. The van der Waals surface area contributed by atoms with E-state index in [2.05, 4.69) is 5.32 Å². The molecule has 1 heterocycles. The van der Waals surface area contributed by atoms with Gasteiger partial charge in [-0.2, -0.15) is 0 Å². The van der Waals surface area contributed by atoms with Crippen LogP contribution in [0.1, 0.15) is 36.0 Å². The highest BCUT2D eigenvalue weighted by molar-refractivity contribution is 5.95. The van der Waals surface area contributed by atoms with Crippen molar-refractivity contribution in [2.45, 2.75) is 31.7 Å². The Morgan fingerprint density at radius 1 is 1.04 bits per heavy atom. The van der Waals surface area contributed by atoms with Crippen molar-refractivity contribution >= 4 is 18.3 Å². The van der Waals surface area contributed by atoms with Crippen LogP contribution in [0, 0.1) is 5.92 Å². The number of hydrogen-bond donors (Lipinski definition) is 1. The van der Waals surface area contributed by atoms with Gasteiger partial charge in [-0.25, -0.2) is 0 Å². The molecule has 0 spiro atoms. The molecule has 2 fully saturated rings. The Labute approximate surface area is 161 Å². The molecule has 7 heteroatoms. The van der Waals surface area contributed by atoms with Crippen molar-refractivity contribution in [3.8, 4) is 17.2 Å². The number of carbonyl (C=O) groups is 1. The summed E-state index contributed by atoms with van der Waals surface area (Å²) in [7, 11) is 4.67. The van der Waals surface area contributed by atoms with Crippen molar-refractivity contribution in [1.82, 2.24) is 10.2 Å². The van der Waals surface area contributed by atoms with Crippen molar-refractivity contribution in [3.05, 3.63) is 17.7 Å². The number of carbonyl (C=O) groups excluding carboxylic acids is 1. The van der Waals surface area contributed by atoms with E-state index in [1.54, 1.807) is 33.5 Å². The number of benzene rings is 1. The van der Waals surface area contributed by atoms with Gasteiger partial charge in [0, 0.05) is 24.7 Å². The molecule has 0 radical (unpaired) electrons. The standard InChI is InChI=1S/C19H28N2O4.ClH/c1-23-16-10-14(11-17(24-2)18(16)25-3)19(22)21-8-6-15(7-9-21)20-12-13-4-5-13;/h10-11,13,15,20H,4-9,12H2,1-3H3;1H. The van der Waals surface area contributed by atoms with E-state index in [9.17, 15) is 4.79 Å². The van der Waals surface area contributed by atoms with Crippen LogP contribution in [0.4, 0.5) is 0 Å². The molecule has 1 aliphatic heterocycles. The number of ether oxygens (including phenoxy) is 3. The highest BCUT2D eigenvalue weighted by Gasteiger charge is 2.27. The summed E-state index contributed by atoms with van der Waals surface area (Å²) in [4.78, 5) is 14.8. The summed E-state index contributed by atoms with van der Waals surface area (Å²) < 4.78 is 16.0. The number of halogens is 1. The fraction of sp³-hybridized carbons (Fsp3) is 0.632. The average Bonchev–Trinajstić information content (AvgIpc) is 3.49. The number of piperidine rings is 1. The Morgan fingerprint density at radius 3 is 2.08 bits per heavy atom. The molecule has 0 unspecified atom stereocenters. The summed E-state index contributed by atoms with van der Waals surface area (Å²) >= 11 is 0. The largest absolute Gasteiger partial charge is 0.493 e. The van der Waals surface area contributed by atoms with E-state index >= 15 is 0 Å². The third-order valence-electron chi connectivity index (χ3n) is 5.09. The minimum atomic E-state index is 0. The van der Waals surface area contributed by atoms with E-state index < -0.39 is 0 Å². The number of nitrogens with one attached hydrogen (secondary N) is 1. The van der Waals surface area contributed by atoms with Gasteiger partial charge in [0.25, 0.3) is 5.91 Å². The molecular formula is C19H29ClN2O4. The zero-order valence-corrected chi connectivity index (χ0v) is 16.6. The van der Waals surface area contributed by atoms with E-state index in [1.807, 2.05) is 4.90 Å². The van der Waals surface area contributed by atoms with Gasteiger partial charge >= 0.3 is 0 Å². The smallest absolute Gasteiger partial charge is 0.254 e. The Morgan fingerprint density at radius 2 is 1.62 bits per heavy atom. The maximum atomic E-state index is 12.9. The maximum absolute atomic E-state index is 12.9. The first-order valence-corrected chi connectivity index (χ1v) is 8.99. The molecule has 1 aliphatic carbocycles. The van der Waals surface area contributed by atoms with Crippen LogP contribution in [0.15, 0.2) is 12.1 Å². The van der Waals surface area contributed by atoms with Gasteiger partial charge < -0.3 is 24.4 Å². The lowest BCUT2D eigenvalue weighted by Crippen LogP contribution is -2.45. The lowest BCUT2D eigenvalue weighted by Gasteiger charge is -2.32. The first-order valence-electron chi connectivity index (χ1n) is 8.99. The zero-order chi connectivity index (χ0) is 17.8. The Hall–Kier alpha value is -1.66. The molecular weight excluding hydrogens is 356 g/mol. The number of likely N-dealkylation sites (tertiary alicyclic amines) is 1. The summed E-state index contributed by atoms with van der Waals surface area (Å²) in [5.74, 6) is 2.42. The average molecular weight is 385 g/mol. The van der Waals surface area contributed by atoms with E-state index in [0.29, 0.717) is 28.9 Å². The number of amides is 1. The zero-order valence-electron chi connectivity index (χ0n) is 15.7. The molecule has 1 amide bonds. The van der Waals surface area contributed by atoms with Crippen molar-refractivity contribution in [2.24, 2.45) is 5.92 Å². The van der Waals surface area contributed by atoms with Gasteiger partial charge in [-0.05, 0) is 50.3 Å². The second-order valence-corrected chi connectivity index (χ2v) is 6.83. The second kappa shape index (κ2) is 9.33. The summed E-state index contributed by atoms with van der Waals surface area (Å²) in [6, 6.07) is 3.98. The molecule has 1 aromatic carbocycles. The Kier molecular flexibility index (Phi) is 7.41. The van der Waals surface area contributed by atoms with Crippen LogP contribution >= 0.6 is 12.4 Å². The predicted octanol–water partition coefficient (Wildman–Crippen LogP) is 2.74. The topological polar surface area (TPSA) is 60.0 Å². The Balaban J connectivity index is 0.00000243. The van der Waals surface area contributed by atoms with Gasteiger partial charge in [-0.15, -0.1) is 12.4 Å². The number of methoxy groups -OCH3 is 3. The van der Waals surface area contributed by atoms with E-state index in [-0.39, 0.29) is 18.3 Å². The lowest BCUT2D eigenvalue weighted by molar-refractivity contribution is 0.0704. The van der Waals surface area contributed by atoms with Gasteiger partial charge in [0.05, 0.1) is 21.3 Å². The SMILES string of the molecule is COc1cc(C(=O)N2CCC(NCC3CC3)CC2)cc(OC)c1OC.Cl. The summed E-state index contributed by atoms with van der Waals surface area (Å²) in [5.41, 5.74) is 0.568. The number of nitrogens with zero attached hydrogens (tertiary/aromatic N) is 1. The van der Waals surface area contributed by atoms with Gasteiger partial charge in [-0.1, -0.05) is 0 Å². The molecule has 0 bridgehead atoms. The highest BCUT2D eigenvalue weighted by atomic mass is 35.5. The molecule has 26 heavy (non-hydrogen) atoms. The van der Waals surface area contributed by atoms with Crippen molar-refractivity contribution in [3.63, 3.8) is 0 Å². The fourth-order valence-electron chi connectivity index (χ4n) is 3.33. The number of rotatable bonds is 7. The quantitative estimate of drug-likeness (QED) is 0.783. The van der Waals surface area contributed by atoms with Crippen LogP contribution in [0.2, 0.25) is 0 Å². The third kappa shape index (κ3) is 4.74. The van der Waals surface area contributed by atoms with Crippen LogP contribution < -0.4 is 19.5 Å². The van der Waals surface area contributed by atoms with Crippen LogP contribution in [-0.4, -0.2) is 57.8 Å². The minimum absolute atomic E-state index is 0. The fourth-order valence-corrected chi connectivity index (χ4v) is 3.33. The molecule has 1 saturated carbocycles. The van der Waals surface area contributed by atoms with Gasteiger partial charge in [0.15, 0.2) is 11.5 Å². The lowest BCUT2D eigenvalue weighted by atomic mass is 10.0. The van der Waals surface area contributed by atoms with Gasteiger partial charge in [0.2, 0.25) is 5.75 Å². The molecule has 3 rings (SSSR count). The van der Waals surface area contributed by atoms with E-state index in [4.69, 9.17) is 14.2 Å². The minimum Gasteiger partial charge on any atom is -0.493 e. The third-order valence-corrected chi connectivity index (χ3v) is 5.09. The first-order chi connectivity index (χ1) is 12.2. The summed E-state index contributed by atoms with van der Waals surface area (Å²) in [6.45, 7) is 2.68. The molecule has 6 nitrogen and oxygen atoms in total. The number of hydrogen-bond acceptors (Lipinski definition) is 5. The summed E-state index contributed by atoms with van der Waals surface area (Å²) in [6.07, 6.45) is 4.74. The molecule has 0 atom stereocenters. The van der Waals surface area contributed by atoms with Gasteiger partial charge in [0.1, 0.15) is 0 Å². The van der Waals surface area contributed by atoms with Crippen LogP contribution in [0.25, 0.3) is 0 Å². The van der Waals surface area contributed by atoms with E-state index in [0.717, 1.165) is 38.4 Å². The van der Waals surface area contributed by atoms with Crippen LogP contribution in [0.5, 0.6) is 17.2 Å². The maximum Gasteiger partial charge on any atom is 0.254 e. The van der Waals surface area contributed by atoms with Gasteiger partial charge in [-0.3, -0.25) is 4.79 Å². The van der Waals surface area contributed by atoms with Crippen LogP contribution in [-0.2, 0) is 0 Å². The van der Waals surface area contributed by atoms with Crippen molar-refractivity contribution < 1.29 is 19.0 Å². The molecule has 1 N–H and O–H groups in total. The molecule has 146 valence electrons. The second-order valence-electron chi connectivity index (χ2n) is 6.83. The molecule has 2 aliphatic rings. The van der Waals surface area contributed by atoms with E-state index in [1.165, 1.54) is 12.8 Å². The summed E-state index contributed by atoms with van der Waals surface area (Å²) in [5, 5.41) is 3.64. The predicted molar refractivity (Wildman–Crippen MR) is 103 cm³/mol. The highest BCUT2D eigenvalue weighted by Crippen LogP contribution is 2.38. The normalized spacial score (nSPS) is 17.4. The van der Waals surface area contributed by atoms with Crippen molar-refractivity contribution in [1.29, 1.82) is 0 Å². The first kappa shape index (κ1) is 20.6. The monoisotopic (exact) mass is 384 g/mol.